The van der Waals surface area contributed by atoms with E-state index in [4.69, 9.17) is 9.84 Å². The smallest absolute Gasteiger partial charge is 0.335 e. The summed E-state index contributed by atoms with van der Waals surface area (Å²) in [5, 5.41) is 8.90. The van der Waals surface area contributed by atoms with E-state index in [0.717, 1.165) is 23.4 Å². The molecule has 0 aliphatic carbocycles. The number of fused-ring (bicyclic) bond motifs is 1. The van der Waals surface area contributed by atoms with Crippen LogP contribution in [0.5, 0.6) is 5.75 Å². The highest BCUT2D eigenvalue weighted by Crippen LogP contribution is 2.32. The Balaban J connectivity index is 1.87. The molecule has 0 bridgehead atoms. The van der Waals surface area contributed by atoms with E-state index in [1.165, 1.54) is 12.1 Å². The molecule has 0 saturated carbocycles. The molecule has 22 heavy (non-hydrogen) atoms. The predicted molar refractivity (Wildman–Crippen MR) is 81.8 cm³/mol. The number of hydrogen-bond acceptors (Lipinski definition) is 3. The normalized spacial score (nSPS) is 12.9. The molecule has 1 heterocycles. The van der Waals surface area contributed by atoms with Crippen LogP contribution in [0.15, 0.2) is 42.5 Å². The molecule has 1 amide bonds. The Hall–Kier alpha value is -2.82. The van der Waals surface area contributed by atoms with Crippen molar-refractivity contribution in [3.8, 4) is 5.75 Å². The van der Waals surface area contributed by atoms with Crippen LogP contribution in [0.4, 0.5) is 5.69 Å². The van der Waals surface area contributed by atoms with Crippen molar-refractivity contribution in [2.24, 2.45) is 0 Å². The summed E-state index contributed by atoms with van der Waals surface area (Å²) >= 11 is 0. The van der Waals surface area contributed by atoms with Gasteiger partial charge in [-0.15, -0.1) is 0 Å². The fourth-order valence-electron chi connectivity index (χ4n) is 2.63. The first-order valence-electron chi connectivity index (χ1n) is 6.92. The summed E-state index contributed by atoms with van der Waals surface area (Å²) in [6, 6.07) is 11.6. The van der Waals surface area contributed by atoms with Gasteiger partial charge in [0.05, 0.1) is 12.7 Å². The van der Waals surface area contributed by atoms with Gasteiger partial charge < -0.3 is 14.7 Å². The van der Waals surface area contributed by atoms with Crippen LogP contribution in [0.1, 0.15) is 26.3 Å². The second-order valence-electron chi connectivity index (χ2n) is 5.08. The highest BCUT2D eigenvalue weighted by atomic mass is 16.5. The highest BCUT2D eigenvalue weighted by molar-refractivity contribution is 6.07. The van der Waals surface area contributed by atoms with E-state index in [1.807, 2.05) is 18.2 Å². The SMILES string of the molecule is COc1ccc2c(c1)CCN2C(=O)c1ccc(C(=O)O)cc1. The Morgan fingerprint density at radius 2 is 1.77 bits per heavy atom. The number of carboxylic acid groups (broad SMARTS) is 1. The van der Waals surface area contributed by atoms with Gasteiger partial charge in [-0.3, -0.25) is 4.79 Å². The molecule has 5 nitrogen and oxygen atoms in total. The summed E-state index contributed by atoms with van der Waals surface area (Å²) in [5.74, 6) is -0.350. The van der Waals surface area contributed by atoms with Crippen LogP contribution >= 0.6 is 0 Å². The van der Waals surface area contributed by atoms with Gasteiger partial charge in [-0.25, -0.2) is 4.79 Å². The van der Waals surface area contributed by atoms with Crippen molar-refractivity contribution >= 4 is 17.6 Å². The molecule has 0 spiro atoms. The molecule has 1 aliphatic heterocycles. The molecule has 5 heteroatoms. The van der Waals surface area contributed by atoms with Crippen molar-refractivity contribution in [2.45, 2.75) is 6.42 Å². The average molecular weight is 297 g/mol. The summed E-state index contributed by atoms with van der Waals surface area (Å²) in [6.07, 6.45) is 0.783. The van der Waals surface area contributed by atoms with Crippen molar-refractivity contribution in [1.82, 2.24) is 0 Å². The quantitative estimate of drug-likeness (QED) is 0.945. The molecule has 1 aliphatic rings. The number of hydrogen-bond donors (Lipinski definition) is 1. The summed E-state index contributed by atoms with van der Waals surface area (Å²) < 4.78 is 5.20. The van der Waals surface area contributed by atoms with Gasteiger partial charge in [-0.05, 0) is 54.4 Å². The first-order valence-corrected chi connectivity index (χ1v) is 6.92. The molecule has 0 radical (unpaired) electrons. The summed E-state index contributed by atoms with van der Waals surface area (Å²) in [4.78, 5) is 25.2. The van der Waals surface area contributed by atoms with E-state index in [-0.39, 0.29) is 11.5 Å². The van der Waals surface area contributed by atoms with Crippen molar-refractivity contribution in [1.29, 1.82) is 0 Å². The number of ether oxygens (including phenoxy) is 1. The lowest BCUT2D eigenvalue weighted by Crippen LogP contribution is -2.28. The third-order valence-electron chi connectivity index (χ3n) is 3.81. The van der Waals surface area contributed by atoms with Gasteiger partial charge in [-0.1, -0.05) is 0 Å². The van der Waals surface area contributed by atoms with Crippen molar-refractivity contribution in [2.75, 3.05) is 18.6 Å². The lowest BCUT2D eigenvalue weighted by Gasteiger charge is -2.17. The monoisotopic (exact) mass is 297 g/mol. The second kappa shape index (κ2) is 5.52. The zero-order valence-electron chi connectivity index (χ0n) is 12.1. The van der Waals surface area contributed by atoms with E-state index < -0.39 is 5.97 Å². The fourth-order valence-corrected chi connectivity index (χ4v) is 2.63. The maximum absolute atomic E-state index is 12.6. The van der Waals surface area contributed by atoms with Gasteiger partial charge in [0.25, 0.3) is 5.91 Å². The Morgan fingerprint density at radius 3 is 2.41 bits per heavy atom. The Kier molecular flexibility index (Phi) is 3.55. The number of amides is 1. The van der Waals surface area contributed by atoms with Crippen LogP contribution < -0.4 is 9.64 Å². The van der Waals surface area contributed by atoms with Gasteiger partial charge in [0.1, 0.15) is 5.75 Å². The Morgan fingerprint density at radius 1 is 1.09 bits per heavy atom. The van der Waals surface area contributed by atoms with E-state index in [1.54, 1.807) is 24.1 Å². The molecule has 0 unspecified atom stereocenters. The number of methoxy groups -OCH3 is 1. The number of anilines is 1. The molecular weight excluding hydrogens is 282 g/mol. The van der Waals surface area contributed by atoms with Crippen LogP contribution in [0, 0.1) is 0 Å². The molecule has 2 aromatic carbocycles. The summed E-state index contributed by atoms with van der Waals surface area (Å²) in [5.41, 5.74) is 2.61. The topological polar surface area (TPSA) is 66.8 Å². The maximum atomic E-state index is 12.6. The van der Waals surface area contributed by atoms with Crippen LogP contribution in [0.3, 0.4) is 0 Å². The second-order valence-corrected chi connectivity index (χ2v) is 5.08. The zero-order valence-corrected chi connectivity index (χ0v) is 12.1. The number of carboxylic acids is 1. The van der Waals surface area contributed by atoms with Crippen LogP contribution in [0.25, 0.3) is 0 Å². The minimum absolute atomic E-state index is 0.124. The van der Waals surface area contributed by atoms with Gasteiger partial charge in [0.15, 0.2) is 0 Å². The van der Waals surface area contributed by atoms with Crippen LogP contribution in [-0.4, -0.2) is 30.6 Å². The minimum atomic E-state index is -1.00. The number of benzene rings is 2. The van der Waals surface area contributed by atoms with E-state index in [9.17, 15) is 9.59 Å². The zero-order chi connectivity index (χ0) is 15.7. The van der Waals surface area contributed by atoms with E-state index in [2.05, 4.69) is 0 Å². The fraction of sp³-hybridized carbons (Fsp3) is 0.176. The van der Waals surface area contributed by atoms with Crippen molar-refractivity contribution in [3.05, 3.63) is 59.2 Å². The number of carbonyl (C=O) groups excluding carboxylic acids is 1. The van der Waals surface area contributed by atoms with Gasteiger partial charge in [0, 0.05) is 17.8 Å². The van der Waals surface area contributed by atoms with Crippen LogP contribution in [0.2, 0.25) is 0 Å². The largest absolute Gasteiger partial charge is 0.497 e. The first kappa shape index (κ1) is 14.1. The van der Waals surface area contributed by atoms with Gasteiger partial charge in [0.2, 0.25) is 0 Å². The number of rotatable bonds is 3. The summed E-state index contributed by atoms with van der Waals surface area (Å²) in [7, 11) is 1.61. The third-order valence-corrected chi connectivity index (χ3v) is 3.81. The van der Waals surface area contributed by atoms with Gasteiger partial charge >= 0.3 is 5.97 Å². The van der Waals surface area contributed by atoms with Crippen LogP contribution in [-0.2, 0) is 6.42 Å². The Labute approximate surface area is 127 Å². The maximum Gasteiger partial charge on any atom is 0.335 e. The standard InChI is InChI=1S/C17H15NO4/c1-22-14-6-7-15-13(10-14)8-9-18(15)16(19)11-2-4-12(5-3-11)17(20)21/h2-7,10H,8-9H2,1H3,(H,20,21). The van der Waals surface area contributed by atoms with Crippen molar-refractivity contribution < 1.29 is 19.4 Å². The molecule has 0 fully saturated rings. The molecule has 3 rings (SSSR count). The summed E-state index contributed by atoms with van der Waals surface area (Å²) in [6.45, 7) is 0.613. The minimum Gasteiger partial charge on any atom is -0.497 e. The molecule has 2 aromatic rings. The number of nitrogens with zero attached hydrogens (tertiary/aromatic N) is 1. The predicted octanol–water partition coefficient (Wildman–Crippen LogP) is 2.60. The molecule has 0 aromatic heterocycles. The molecule has 112 valence electrons. The van der Waals surface area contributed by atoms with E-state index in [0.29, 0.717) is 12.1 Å². The van der Waals surface area contributed by atoms with E-state index >= 15 is 0 Å². The highest BCUT2D eigenvalue weighted by Gasteiger charge is 2.25. The molecule has 1 N–H and O–H groups in total. The molecular formula is C17H15NO4. The molecule has 0 atom stereocenters. The first-order chi connectivity index (χ1) is 10.6. The van der Waals surface area contributed by atoms with Gasteiger partial charge in [-0.2, -0.15) is 0 Å². The van der Waals surface area contributed by atoms with Crippen molar-refractivity contribution in [3.63, 3.8) is 0 Å². The number of carbonyl (C=O) groups is 2. The average Bonchev–Trinajstić information content (AvgIpc) is 2.97. The lowest BCUT2D eigenvalue weighted by molar-refractivity contribution is 0.0696. The lowest BCUT2D eigenvalue weighted by atomic mass is 10.1. The third kappa shape index (κ3) is 2.41. The molecule has 0 saturated heterocycles. The number of aromatic carboxylic acids is 1. The Bertz CT molecular complexity index is 737.